The Labute approximate surface area is 236 Å². The Morgan fingerprint density at radius 3 is 1.53 bits per heavy atom. The van der Waals surface area contributed by atoms with E-state index in [4.69, 9.17) is 13.6 Å². The lowest BCUT2D eigenvalue weighted by Gasteiger charge is -2.35. The average Bonchev–Trinajstić information content (AvgIpc) is 2.91. The third kappa shape index (κ3) is 19.1. The van der Waals surface area contributed by atoms with Gasteiger partial charge in [0.15, 0.2) is 0 Å². The van der Waals surface area contributed by atoms with E-state index in [2.05, 4.69) is 28.5 Å². The van der Waals surface area contributed by atoms with E-state index in [0.29, 0.717) is 19.8 Å². The van der Waals surface area contributed by atoms with Crippen molar-refractivity contribution in [3.8, 4) is 0 Å². The first-order chi connectivity index (χ1) is 18.6. The minimum Gasteiger partial charge on any atom is -0.303 e. The fourth-order valence-corrected chi connectivity index (χ4v) is 6.40. The van der Waals surface area contributed by atoms with Gasteiger partial charge in [-0.1, -0.05) is 78.1 Å². The molecule has 7 nitrogen and oxygen atoms in total. The number of rotatable bonds is 27. The Morgan fingerprint density at radius 2 is 1.00 bits per heavy atom. The minimum absolute atomic E-state index is 0.328. The van der Waals surface area contributed by atoms with Gasteiger partial charge in [0.05, 0.1) is 19.8 Å². The number of phosphoric acid groups is 1. The predicted octanol–water partition coefficient (Wildman–Crippen LogP) is 7.60. The van der Waals surface area contributed by atoms with E-state index in [1.54, 1.807) is 0 Å². The zero-order valence-electron chi connectivity index (χ0n) is 25.8. The second kappa shape index (κ2) is 24.8. The number of nitrogens with zero attached hydrogens (tertiary/aromatic N) is 3. The topological polar surface area (TPSA) is 54.5 Å². The van der Waals surface area contributed by atoms with E-state index < -0.39 is 7.82 Å². The van der Waals surface area contributed by atoms with Crippen LogP contribution in [-0.4, -0.2) is 93.4 Å². The molecule has 1 fully saturated rings. The Bertz CT molecular complexity index is 552. The summed E-state index contributed by atoms with van der Waals surface area (Å²) < 4.78 is 28.7. The lowest BCUT2D eigenvalue weighted by atomic mass is 10.1. The van der Waals surface area contributed by atoms with Crippen LogP contribution < -0.4 is 0 Å². The molecule has 0 bridgehead atoms. The predicted molar refractivity (Wildman–Crippen MR) is 162 cm³/mol. The smallest absolute Gasteiger partial charge is 0.303 e. The highest BCUT2D eigenvalue weighted by molar-refractivity contribution is 7.48. The summed E-state index contributed by atoms with van der Waals surface area (Å²) in [6.45, 7) is 19.8. The first-order valence-corrected chi connectivity index (χ1v) is 17.7. The molecule has 1 saturated heterocycles. The van der Waals surface area contributed by atoms with Crippen LogP contribution in [0.1, 0.15) is 118 Å². The standard InChI is InChI=1S/C30H64N3O4P/c1-5-9-11-12-13-14-15-16-17-18-22-31(25-20-30-37-38(34,35-7-3)36-8-4)23-19-24-33-28-26-32(27-29-33)21-10-6-2/h5-30H2,1-4H3. The summed E-state index contributed by atoms with van der Waals surface area (Å²) in [5.74, 6) is 0. The fraction of sp³-hybridized carbons (Fsp3) is 1.00. The summed E-state index contributed by atoms with van der Waals surface area (Å²) in [6.07, 6.45) is 18.4. The summed E-state index contributed by atoms with van der Waals surface area (Å²) in [6, 6.07) is 0. The van der Waals surface area contributed by atoms with E-state index in [1.165, 1.54) is 123 Å². The van der Waals surface area contributed by atoms with E-state index in [1.807, 2.05) is 13.8 Å². The summed E-state index contributed by atoms with van der Waals surface area (Å²) in [7, 11) is -3.41. The van der Waals surface area contributed by atoms with Gasteiger partial charge in [-0.3, -0.25) is 13.6 Å². The van der Waals surface area contributed by atoms with Gasteiger partial charge in [0, 0.05) is 32.7 Å². The Hall–Kier alpha value is -0.0100. The molecule has 1 aliphatic heterocycles. The van der Waals surface area contributed by atoms with Crippen LogP contribution in [0, 0.1) is 0 Å². The molecule has 1 aliphatic rings. The minimum atomic E-state index is -3.41. The number of hydrogen-bond donors (Lipinski definition) is 0. The number of phosphoric ester groups is 1. The highest BCUT2D eigenvalue weighted by Crippen LogP contribution is 2.49. The molecule has 1 heterocycles. The van der Waals surface area contributed by atoms with Crippen molar-refractivity contribution in [3.05, 3.63) is 0 Å². The van der Waals surface area contributed by atoms with Crippen LogP contribution in [0.5, 0.6) is 0 Å². The maximum absolute atomic E-state index is 12.6. The highest BCUT2D eigenvalue weighted by atomic mass is 31.2. The van der Waals surface area contributed by atoms with Crippen molar-refractivity contribution in [2.45, 2.75) is 118 Å². The molecule has 1 rings (SSSR count). The van der Waals surface area contributed by atoms with Gasteiger partial charge in [0.25, 0.3) is 0 Å². The van der Waals surface area contributed by atoms with E-state index >= 15 is 0 Å². The van der Waals surface area contributed by atoms with Crippen molar-refractivity contribution in [2.24, 2.45) is 0 Å². The van der Waals surface area contributed by atoms with E-state index in [0.717, 1.165) is 26.1 Å². The molecular weight excluding hydrogens is 497 g/mol. The zero-order valence-corrected chi connectivity index (χ0v) is 26.7. The first-order valence-electron chi connectivity index (χ1n) is 16.3. The lowest BCUT2D eigenvalue weighted by Crippen LogP contribution is -2.47. The second-order valence-corrected chi connectivity index (χ2v) is 12.6. The fourth-order valence-electron chi connectivity index (χ4n) is 5.19. The number of unbranched alkanes of at least 4 members (excludes halogenated alkanes) is 10. The maximum Gasteiger partial charge on any atom is 0.474 e. The Morgan fingerprint density at radius 1 is 0.553 bits per heavy atom. The van der Waals surface area contributed by atoms with Gasteiger partial charge in [-0.15, -0.1) is 0 Å². The molecule has 0 aromatic rings. The average molecular weight is 562 g/mol. The molecule has 0 unspecified atom stereocenters. The normalized spacial score (nSPS) is 15.6. The van der Waals surface area contributed by atoms with Gasteiger partial charge in [0.2, 0.25) is 0 Å². The molecule has 8 heteroatoms. The molecule has 38 heavy (non-hydrogen) atoms. The molecule has 0 saturated carbocycles. The van der Waals surface area contributed by atoms with Crippen molar-refractivity contribution >= 4 is 7.82 Å². The van der Waals surface area contributed by atoms with Crippen LogP contribution in [0.25, 0.3) is 0 Å². The van der Waals surface area contributed by atoms with Gasteiger partial charge in [0.1, 0.15) is 0 Å². The zero-order chi connectivity index (χ0) is 27.7. The van der Waals surface area contributed by atoms with Crippen LogP contribution in [0.2, 0.25) is 0 Å². The van der Waals surface area contributed by atoms with Gasteiger partial charge >= 0.3 is 7.82 Å². The molecule has 0 aromatic carbocycles. The largest absolute Gasteiger partial charge is 0.474 e. The monoisotopic (exact) mass is 561 g/mol. The number of piperazine rings is 1. The van der Waals surface area contributed by atoms with Crippen molar-refractivity contribution in [1.29, 1.82) is 0 Å². The third-order valence-corrected chi connectivity index (χ3v) is 9.16. The van der Waals surface area contributed by atoms with Crippen LogP contribution in [0.3, 0.4) is 0 Å². The van der Waals surface area contributed by atoms with Crippen molar-refractivity contribution < 1.29 is 18.1 Å². The molecule has 0 radical (unpaired) electrons. The van der Waals surface area contributed by atoms with Crippen molar-refractivity contribution in [3.63, 3.8) is 0 Å². The van der Waals surface area contributed by atoms with Crippen molar-refractivity contribution in [1.82, 2.24) is 14.7 Å². The van der Waals surface area contributed by atoms with Gasteiger partial charge in [-0.25, -0.2) is 4.57 Å². The molecular formula is C30H64N3O4P. The van der Waals surface area contributed by atoms with Crippen LogP contribution >= 0.6 is 7.82 Å². The van der Waals surface area contributed by atoms with Crippen molar-refractivity contribution in [2.75, 3.05) is 78.7 Å². The lowest BCUT2D eigenvalue weighted by molar-refractivity contribution is 0.113. The van der Waals surface area contributed by atoms with Crippen LogP contribution in [0.15, 0.2) is 0 Å². The summed E-state index contributed by atoms with van der Waals surface area (Å²) >= 11 is 0. The first kappa shape index (κ1) is 36.0. The highest BCUT2D eigenvalue weighted by Gasteiger charge is 2.25. The quantitative estimate of drug-likeness (QED) is 0.0756. The van der Waals surface area contributed by atoms with Crippen LogP contribution in [0.4, 0.5) is 0 Å². The van der Waals surface area contributed by atoms with Gasteiger partial charge in [-0.2, -0.15) is 0 Å². The molecule has 0 aliphatic carbocycles. The SMILES string of the molecule is CCCCCCCCCCCCN(CCCOP(=O)(OCC)OCC)CCCN1CCN(CCCC)CC1. The molecule has 0 atom stereocenters. The summed E-state index contributed by atoms with van der Waals surface area (Å²) in [5, 5.41) is 0. The molecule has 0 N–H and O–H groups in total. The van der Waals surface area contributed by atoms with E-state index in [-0.39, 0.29) is 0 Å². The molecule has 0 spiro atoms. The summed E-state index contributed by atoms with van der Waals surface area (Å²) in [4.78, 5) is 7.86. The molecule has 228 valence electrons. The Balaban J connectivity index is 2.32. The Kier molecular flexibility index (Phi) is 23.5. The maximum atomic E-state index is 12.6. The molecule has 0 amide bonds. The van der Waals surface area contributed by atoms with Gasteiger partial charge in [-0.05, 0) is 65.7 Å². The van der Waals surface area contributed by atoms with Crippen LogP contribution in [-0.2, 0) is 18.1 Å². The summed E-state index contributed by atoms with van der Waals surface area (Å²) in [5.41, 5.74) is 0. The number of hydrogen-bond acceptors (Lipinski definition) is 7. The third-order valence-electron chi connectivity index (χ3n) is 7.51. The van der Waals surface area contributed by atoms with E-state index in [9.17, 15) is 4.57 Å². The second-order valence-electron chi connectivity index (χ2n) is 10.9. The van der Waals surface area contributed by atoms with Gasteiger partial charge < -0.3 is 14.7 Å². The molecule has 0 aromatic heterocycles.